The summed E-state index contributed by atoms with van der Waals surface area (Å²) in [4.78, 5) is 24.6. The van der Waals surface area contributed by atoms with Gasteiger partial charge in [0.25, 0.3) is 0 Å². The number of nitrogens with one attached hydrogen (secondary N) is 1. The summed E-state index contributed by atoms with van der Waals surface area (Å²) in [5.74, 6) is -0.791. The fourth-order valence-corrected chi connectivity index (χ4v) is 3.51. The van der Waals surface area contributed by atoms with Crippen LogP contribution in [0, 0.1) is 0 Å². The third kappa shape index (κ3) is 4.77. The van der Waals surface area contributed by atoms with Gasteiger partial charge in [-0.3, -0.25) is 0 Å². The molecule has 0 saturated heterocycles. The molecule has 2 aromatic carbocycles. The molecular weight excluding hydrogens is 370 g/mol. The van der Waals surface area contributed by atoms with Crippen molar-refractivity contribution in [3.8, 4) is 11.1 Å². The van der Waals surface area contributed by atoms with Gasteiger partial charge >= 0.3 is 12.1 Å². The molecule has 0 heterocycles. The Hall–Kier alpha value is -2.86. The van der Waals surface area contributed by atoms with Gasteiger partial charge in [-0.25, -0.2) is 9.59 Å². The number of aliphatic hydroxyl groups excluding tert-OH is 1. The van der Waals surface area contributed by atoms with E-state index >= 15 is 0 Å². The molecule has 0 spiro atoms. The Balaban J connectivity index is 1.68. The van der Waals surface area contributed by atoms with Crippen molar-refractivity contribution in [1.29, 1.82) is 0 Å². The SMILES string of the molecule is CC(O)[C@H](NC(=O)OCC1c2ccccc2-c2ccccc21)C(=O)OC(C)(C)C. The van der Waals surface area contributed by atoms with E-state index in [0.717, 1.165) is 22.3 Å². The zero-order valence-corrected chi connectivity index (χ0v) is 17.1. The number of fused-ring (bicyclic) bond motifs is 3. The van der Waals surface area contributed by atoms with Crippen LogP contribution in [0.2, 0.25) is 0 Å². The van der Waals surface area contributed by atoms with Crippen LogP contribution in [0.25, 0.3) is 11.1 Å². The Kier molecular flexibility index (Phi) is 5.94. The molecule has 2 N–H and O–H groups in total. The van der Waals surface area contributed by atoms with E-state index in [2.05, 4.69) is 17.4 Å². The Bertz CT molecular complexity index is 855. The standard InChI is InChI=1S/C23H27NO5/c1-14(25)20(21(26)29-23(2,3)4)24-22(27)28-13-19-17-11-7-5-9-15(17)16-10-6-8-12-18(16)19/h5-12,14,19-20,25H,13H2,1-4H3,(H,24,27)/t14?,20-/m0/s1. The molecule has 0 saturated carbocycles. The van der Waals surface area contributed by atoms with Crippen molar-refractivity contribution in [2.45, 2.75) is 51.4 Å². The maximum absolute atomic E-state index is 12.4. The fraction of sp³-hybridized carbons (Fsp3) is 0.391. The average molecular weight is 397 g/mol. The number of carbonyl (C=O) groups excluding carboxylic acids is 2. The smallest absolute Gasteiger partial charge is 0.407 e. The van der Waals surface area contributed by atoms with Gasteiger partial charge in [0, 0.05) is 5.92 Å². The lowest BCUT2D eigenvalue weighted by atomic mass is 9.98. The molecule has 2 aromatic rings. The molecule has 154 valence electrons. The predicted octanol–water partition coefficient (Wildman–Crippen LogP) is 3.62. The quantitative estimate of drug-likeness (QED) is 0.753. The number of hydrogen-bond donors (Lipinski definition) is 2. The van der Waals surface area contributed by atoms with Crippen LogP contribution in [0.15, 0.2) is 48.5 Å². The van der Waals surface area contributed by atoms with Crippen LogP contribution in [-0.4, -0.2) is 41.5 Å². The number of amides is 1. The highest BCUT2D eigenvalue weighted by Crippen LogP contribution is 2.44. The van der Waals surface area contributed by atoms with Crippen molar-refractivity contribution in [2.75, 3.05) is 6.61 Å². The molecule has 0 bridgehead atoms. The molecule has 1 unspecified atom stereocenters. The fourth-order valence-electron chi connectivity index (χ4n) is 3.51. The third-order valence-corrected chi connectivity index (χ3v) is 4.76. The van der Waals surface area contributed by atoms with Gasteiger partial charge in [-0.15, -0.1) is 0 Å². The van der Waals surface area contributed by atoms with E-state index in [4.69, 9.17) is 9.47 Å². The molecule has 6 nitrogen and oxygen atoms in total. The van der Waals surface area contributed by atoms with Crippen molar-refractivity contribution < 1.29 is 24.2 Å². The Morgan fingerprint density at radius 1 is 1.03 bits per heavy atom. The lowest BCUT2D eigenvalue weighted by Crippen LogP contribution is -2.50. The summed E-state index contributed by atoms with van der Waals surface area (Å²) in [7, 11) is 0. The number of hydrogen-bond acceptors (Lipinski definition) is 5. The summed E-state index contributed by atoms with van der Waals surface area (Å²) in [6, 6.07) is 14.9. The molecule has 6 heteroatoms. The zero-order chi connectivity index (χ0) is 21.2. The second kappa shape index (κ2) is 8.25. The molecule has 0 fully saturated rings. The van der Waals surface area contributed by atoms with E-state index in [9.17, 15) is 14.7 Å². The number of benzene rings is 2. The molecule has 1 aliphatic carbocycles. The van der Waals surface area contributed by atoms with Gasteiger partial charge in [0.2, 0.25) is 0 Å². The van der Waals surface area contributed by atoms with Crippen molar-refractivity contribution in [3.63, 3.8) is 0 Å². The minimum Gasteiger partial charge on any atom is -0.458 e. The summed E-state index contributed by atoms with van der Waals surface area (Å²) in [6.07, 6.45) is -1.89. The highest BCUT2D eigenvalue weighted by molar-refractivity contribution is 5.82. The summed E-state index contributed by atoms with van der Waals surface area (Å²) >= 11 is 0. The molecule has 3 rings (SSSR count). The first-order valence-corrected chi connectivity index (χ1v) is 9.70. The van der Waals surface area contributed by atoms with Crippen molar-refractivity contribution in [2.24, 2.45) is 0 Å². The van der Waals surface area contributed by atoms with Crippen molar-refractivity contribution in [3.05, 3.63) is 59.7 Å². The van der Waals surface area contributed by atoms with Crippen LogP contribution in [0.1, 0.15) is 44.7 Å². The van der Waals surface area contributed by atoms with Gasteiger partial charge in [0.1, 0.15) is 12.2 Å². The molecule has 0 radical (unpaired) electrons. The minimum absolute atomic E-state index is 0.0836. The van der Waals surface area contributed by atoms with Crippen LogP contribution < -0.4 is 5.32 Å². The van der Waals surface area contributed by atoms with E-state index in [1.807, 2.05) is 36.4 Å². The first-order chi connectivity index (χ1) is 13.7. The second-order valence-corrected chi connectivity index (χ2v) is 8.22. The topological polar surface area (TPSA) is 84.9 Å². The van der Waals surface area contributed by atoms with E-state index in [-0.39, 0.29) is 12.5 Å². The van der Waals surface area contributed by atoms with E-state index in [1.165, 1.54) is 6.92 Å². The van der Waals surface area contributed by atoms with Gasteiger partial charge in [0.05, 0.1) is 6.10 Å². The van der Waals surface area contributed by atoms with Gasteiger partial charge in [-0.1, -0.05) is 48.5 Å². The molecule has 29 heavy (non-hydrogen) atoms. The average Bonchev–Trinajstić information content (AvgIpc) is 2.96. The number of esters is 1. The lowest BCUT2D eigenvalue weighted by molar-refractivity contribution is -0.160. The lowest BCUT2D eigenvalue weighted by Gasteiger charge is -2.26. The van der Waals surface area contributed by atoms with E-state index in [0.29, 0.717) is 0 Å². The van der Waals surface area contributed by atoms with Crippen LogP contribution in [0.4, 0.5) is 4.79 Å². The van der Waals surface area contributed by atoms with Gasteiger partial charge in [0.15, 0.2) is 6.04 Å². The van der Waals surface area contributed by atoms with Gasteiger partial charge in [-0.05, 0) is 49.9 Å². The van der Waals surface area contributed by atoms with Crippen molar-refractivity contribution in [1.82, 2.24) is 5.32 Å². The number of alkyl carbamates (subject to hydrolysis) is 1. The van der Waals surface area contributed by atoms with Gasteiger partial charge in [-0.2, -0.15) is 0 Å². The summed E-state index contributed by atoms with van der Waals surface area (Å²) in [5, 5.41) is 12.3. The molecule has 1 aliphatic rings. The molecule has 1 amide bonds. The maximum Gasteiger partial charge on any atom is 0.407 e. The minimum atomic E-state index is -1.20. The molecule has 0 aliphatic heterocycles. The molecular formula is C23H27NO5. The monoisotopic (exact) mass is 397 g/mol. The van der Waals surface area contributed by atoms with Crippen LogP contribution >= 0.6 is 0 Å². The Morgan fingerprint density at radius 2 is 1.55 bits per heavy atom. The van der Waals surface area contributed by atoms with Gasteiger partial charge < -0.3 is 19.9 Å². The highest BCUT2D eigenvalue weighted by atomic mass is 16.6. The third-order valence-electron chi connectivity index (χ3n) is 4.76. The predicted molar refractivity (Wildman–Crippen MR) is 110 cm³/mol. The first kappa shape index (κ1) is 20.9. The summed E-state index contributed by atoms with van der Waals surface area (Å²) < 4.78 is 10.7. The summed E-state index contributed by atoms with van der Waals surface area (Å²) in [5.41, 5.74) is 3.73. The summed E-state index contributed by atoms with van der Waals surface area (Å²) in [6.45, 7) is 6.70. The molecule has 0 aromatic heterocycles. The van der Waals surface area contributed by atoms with Crippen LogP contribution in [-0.2, 0) is 14.3 Å². The van der Waals surface area contributed by atoms with Crippen LogP contribution in [0.3, 0.4) is 0 Å². The molecule has 2 atom stereocenters. The number of aliphatic hydroxyl groups is 1. The zero-order valence-electron chi connectivity index (χ0n) is 17.1. The number of rotatable bonds is 5. The van der Waals surface area contributed by atoms with Crippen molar-refractivity contribution >= 4 is 12.1 Å². The van der Waals surface area contributed by atoms with E-state index < -0.39 is 29.8 Å². The number of carbonyl (C=O) groups is 2. The number of ether oxygens (including phenoxy) is 2. The second-order valence-electron chi connectivity index (χ2n) is 8.22. The van der Waals surface area contributed by atoms with E-state index in [1.54, 1.807) is 20.8 Å². The Labute approximate surface area is 170 Å². The maximum atomic E-state index is 12.4. The largest absolute Gasteiger partial charge is 0.458 e. The Morgan fingerprint density at radius 3 is 2.03 bits per heavy atom. The first-order valence-electron chi connectivity index (χ1n) is 9.70. The highest BCUT2D eigenvalue weighted by Gasteiger charge is 2.32. The normalized spacial score (nSPS) is 15.1. The van der Waals surface area contributed by atoms with Crippen LogP contribution in [0.5, 0.6) is 0 Å².